The fourth-order valence-corrected chi connectivity index (χ4v) is 2.28. The van der Waals surface area contributed by atoms with Gasteiger partial charge in [0.2, 0.25) is 0 Å². The summed E-state index contributed by atoms with van der Waals surface area (Å²) in [6.07, 6.45) is 7.10. The van der Waals surface area contributed by atoms with E-state index in [2.05, 4.69) is 16.7 Å². The Kier molecular flexibility index (Phi) is 3.66. The molecular weight excluding hydrogens is 202 g/mol. The number of urea groups is 1. The van der Waals surface area contributed by atoms with E-state index in [1.54, 1.807) is 0 Å². The van der Waals surface area contributed by atoms with Crippen LogP contribution in [0.3, 0.4) is 0 Å². The number of nitrogens with zero attached hydrogens (tertiary/aromatic N) is 1. The number of nitrogens with one attached hydrogen (secondary N) is 2. The van der Waals surface area contributed by atoms with Crippen LogP contribution in [0.15, 0.2) is 0 Å². The topological polar surface area (TPSA) is 64.9 Å². The van der Waals surface area contributed by atoms with Crippen LogP contribution in [0.25, 0.3) is 0 Å². The van der Waals surface area contributed by atoms with Crippen molar-refractivity contribution in [3.8, 4) is 6.07 Å². The molecule has 0 unspecified atom stereocenters. The van der Waals surface area contributed by atoms with Crippen LogP contribution in [0.2, 0.25) is 0 Å². The lowest BCUT2D eigenvalue weighted by molar-refractivity contribution is 0.227. The summed E-state index contributed by atoms with van der Waals surface area (Å²) in [5.74, 6) is 0.551. The highest BCUT2D eigenvalue weighted by Crippen LogP contribution is 2.26. The first kappa shape index (κ1) is 11.3. The molecule has 0 atom stereocenters. The van der Waals surface area contributed by atoms with Crippen molar-refractivity contribution >= 4 is 6.03 Å². The summed E-state index contributed by atoms with van der Waals surface area (Å²) in [6, 6.07) is 2.96. The summed E-state index contributed by atoms with van der Waals surface area (Å²) in [5.41, 5.74) is 0. The van der Waals surface area contributed by atoms with Crippen LogP contribution in [0, 0.1) is 17.2 Å². The third kappa shape index (κ3) is 3.41. The van der Waals surface area contributed by atoms with E-state index in [0.717, 1.165) is 38.5 Å². The maximum Gasteiger partial charge on any atom is 0.315 e. The lowest BCUT2D eigenvalue weighted by atomic mass is 9.84. The van der Waals surface area contributed by atoms with Crippen LogP contribution >= 0.6 is 0 Å². The van der Waals surface area contributed by atoms with Gasteiger partial charge in [-0.2, -0.15) is 5.26 Å². The van der Waals surface area contributed by atoms with Gasteiger partial charge in [-0.15, -0.1) is 0 Å². The van der Waals surface area contributed by atoms with E-state index >= 15 is 0 Å². The first-order chi connectivity index (χ1) is 7.78. The van der Waals surface area contributed by atoms with E-state index in [9.17, 15) is 4.79 Å². The van der Waals surface area contributed by atoms with Gasteiger partial charge in [-0.3, -0.25) is 0 Å². The van der Waals surface area contributed by atoms with Crippen molar-refractivity contribution in [2.75, 3.05) is 0 Å². The number of hydrogen-bond acceptors (Lipinski definition) is 2. The summed E-state index contributed by atoms with van der Waals surface area (Å²) in [7, 11) is 0. The average Bonchev–Trinajstić information content (AvgIpc) is 3.05. The molecule has 4 heteroatoms. The number of carbonyl (C=O) groups is 1. The molecule has 2 aliphatic rings. The minimum Gasteiger partial charge on any atom is -0.335 e. The number of carbonyl (C=O) groups excluding carboxylic acids is 1. The quantitative estimate of drug-likeness (QED) is 0.764. The average molecular weight is 221 g/mol. The van der Waals surface area contributed by atoms with E-state index in [1.165, 1.54) is 0 Å². The Morgan fingerprint density at radius 2 is 1.56 bits per heavy atom. The third-order valence-corrected chi connectivity index (χ3v) is 3.47. The van der Waals surface area contributed by atoms with Gasteiger partial charge in [0.1, 0.15) is 0 Å². The van der Waals surface area contributed by atoms with Crippen LogP contribution in [0.4, 0.5) is 4.79 Å². The molecule has 0 aromatic heterocycles. The minimum absolute atomic E-state index is 0.00812. The molecular formula is C12H19N3O. The third-order valence-electron chi connectivity index (χ3n) is 3.47. The normalized spacial score (nSPS) is 29.2. The van der Waals surface area contributed by atoms with E-state index in [-0.39, 0.29) is 6.03 Å². The first-order valence-corrected chi connectivity index (χ1v) is 6.22. The zero-order valence-electron chi connectivity index (χ0n) is 9.54. The Hall–Kier alpha value is -1.24. The molecule has 2 aliphatic carbocycles. The molecule has 16 heavy (non-hydrogen) atoms. The van der Waals surface area contributed by atoms with Gasteiger partial charge in [-0.05, 0) is 44.4 Å². The van der Waals surface area contributed by atoms with Crippen molar-refractivity contribution in [2.24, 2.45) is 5.92 Å². The molecule has 0 spiro atoms. The van der Waals surface area contributed by atoms with Crippen LogP contribution in [0.1, 0.15) is 44.9 Å². The Balaban J connectivity index is 1.64. The lowest BCUT2D eigenvalue weighted by Gasteiger charge is -2.27. The Labute approximate surface area is 96.4 Å². The van der Waals surface area contributed by atoms with Gasteiger partial charge in [0, 0.05) is 18.5 Å². The van der Waals surface area contributed by atoms with Crippen LogP contribution in [-0.2, 0) is 0 Å². The molecule has 0 saturated heterocycles. The molecule has 2 amide bonds. The summed E-state index contributed by atoms with van der Waals surface area (Å²) >= 11 is 0. The van der Waals surface area contributed by atoms with Crippen molar-refractivity contribution in [1.29, 1.82) is 5.26 Å². The number of nitriles is 1. The maximum absolute atomic E-state index is 11.5. The fraction of sp³-hybridized carbons (Fsp3) is 0.833. The van der Waals surface area contributed by atoms with Gasteiger partial charge < -0.3 is 10.6 Å². The highest BCUT2D eigenvalue weighted by Gasteiger charge is 2.26. The molecule has 2 N–H and O–H groups in total. The summed E-state index contributed by atoms with van der Waals surface area (Å²) < 4.78 is 0. The molecule has 0 bridgehead atoms. The zero-order chi connectivity index (χ0) is 11.4. The number of rotatable bonds is 3. The van der Waals surface area contributed by atoms with E-state index in [1.807, 2.05) is 0 Å². The number of hydrogen-bond donors (Lipinski definition) is 2. The fourth-order valence-electron chi connectivity index (χ4n) is 2.28. The minimum atomic E-state index is -0.00812. The maximum atomic E-state index is 11.5. The van der Waals surface area contributed by atoms with Gasteiger partial charge in [-0.25, -0.2) is 4.79 Å². The second kappa shape index (κ2) is 5.20. The van der Waals surface area contributed by atoms with Crippen molar-refractivity contribution in [3.63, 3.8) is 0 Å². The lowest BCUT2D eigenvalue weighted by Crippen LogP contribution is -2.44. The Bertz CT molecular complexity index is 285. The molecule has 2 saturated carbocycles. The van der Waals surface area contributed by atoms with Gasteiger partial charge in [0.25, 0.3) is 0 Å². The molecule has 2 rings (SSSR count). The molecule has 0 radical (unpaired) electrons. The molecule has 0 aliphatic heterocycles. The summed E-state index contributed by atoms with van der Waals surface area (Å²) in [5, 5.41) is 14.6. The molecule has 88 valence electrons. The van der Waals surface area contributed by atoms with Crippen molar-refractivity contribution < 1.29 is 4.79 Å². The predicted molar refractivity (Wildman–Crippen MR) is 60.7 cm³/mol. The predicted octanol–water partition coefficient (Wildman–Crippen LogP) is 1.92. The molecule has 0 aromatic rings. The standard InChI is InChI=1S/C12H19N3O/c13-8-7-9-1-3-10(4-2-9)14-12(16)15-11-5-6-11/h9-11H,1-7H2,(H2,14,15,16). The molecule has 0 aromatic carbocycles. The van der Waals surface area contributed by atoms with E-state index in [0.29, 0.717) is 24.4 Å². The second-order valence-electron chi connectivity index (χ2n) is 4.97. The van der Waals surface area contributed by atoms with Gasteiger partial charge in [-0.1, -0.05) is 0 Å². The highest BCUT2D eigenvalue weighted by molar-refractivity contribution is 5.74. The highest BCUT2D eigenvalue weighted by atomic mass is 16.2. The summed E-state index contributed by atoms with van der Waals surface area (Å²) in [4.78, 5) is 11.5. The monoisotopic (exact) mass is 221 g/mol. The second-order valence-corrected chi connectivity index (χ2v) is 4.97. The Morgan fingerprint density at radius 3 is 2.00 bits per heavy atom. The van der Waals surface area contributed by atoms with E-state index < -0.39 is 0 Å². The van der Waals surface area contributed by atoms with E-state index in [4.69, 9.17) is 5.26 Å². The molecule has 4 nitrogen and oxygen atoms in total. The van der Waals surface area contributed by atoms with Crippen LogP contribution in [-0.4, -0.2) is 18.1 Å². The summed E-state index contributed by atoms with van der Waals surface area (Å²) in [6.45, 7) is 0. The molecule has 0 heterocycles. The zero-order valence-corrected chi connectivity index (χ0v) is 9.54. The van der Waals surface area contributed by atoms with Gasteiger partial charge >= 0.3 is 6.03 Å². The molecule has 2 fully saturated rings. The van der Waals surface area contributed by atoms with Crippen molar-refractivity contribution in [1.82, 2.24) is 10.6 Å². The van der Waals surface area contributed by atoms with Crippen molar-refractivity contribution in [2.45, 2.75) is 57.0 Å². The van der Waals surface area contributed by atoms with Gasteiger partial charge in [0.05, 0.1) is 6.07 Å². The largest absolute Gasteiger partial charge is 0.335 e. The van der Waals surface area contributed by atoms with Crippen molar-refractivity contribution in [3.05, 3.63) is 0 Å². The number of amides is 2. The van der Waals surface area contributed by atoms with Crippen LogP contribution < -0.4 is 10.6 Å². The van der Waals surface area contributed by atoms with Gasteiger partial charge in [0.15, 0.2) is 0 Å². The first-order valence-electron chi connectivity index (χ1n) is 6.22. The van der Waals surface area contributed by atoms with Crippen LogP contribution in [0.5, 0.6) is 0 Å². The smallest absolute Gasteiger partial charge is 0.315 e. The SMILES string of the molecule is N#CCC1CCC(NC(=O)NC2CC2)CC1. The Morgan fingerprint density at radius 1 is 1.06 bits per heavy atom.